The van der Waals surface area contributed by atoms with Crippen molar-refractivity contribution < 1.29 is 19.4 Å². The van der Waals surface area contributed by atoms with Gasteiger partial charge in [0.2, 0.25) is 0 Å². The predicted octanol–water partition coefficient (Wildman–Crippen LogP) is 3.11. The average molecular weight is 388 g/mol. The second kappa shape index (κ2) is 7.00. The number of carboxylic acid groups (broad SMARTS) is 1. The Kier molecular flexibility index (Phi) is 4.99. The molecule has 1 aliphatic rings. The van der Waals surface area contributed by atoms with Gasteiger partial charge < -0.3 is 19.6 Å². The van der Waals surface area contributed by atoms with Crippen molar-refractivity contribution in [2.24, 2.45) is 7.05 Å². The van der Waals surface area contributed by atoms with Gasteiger partial charge in [-0.15, -0.1) is 0 Å². The number of benzene rings is 1. The van der Waals surface area contributed by atoms with Gasteiger partial charge in [0.05, 0.1) is 11.6 Å². The molecule has 3 rings (SSSR count). The third-order valence-corrected chi connectivity index (χ3v) is 5.09. The fourth-order valence-corrected chi connectivity index (χ4v) is 3.73. The van der Waals surface area contributed by atoms with Crippen LogP contribution in [0, 0.1) is 0 Å². The maximum atomic E-state index is 12.4. The van der Waals surface area contributed by atoms with Crippen molar-refractivity contribution in [1.29, 1.82) is 0 Å². The fraction of sp³-hybridized carbons (Fsp3) is 0.550. The van der Waals surface area contributed by atoms with Gasteiger partial charge in [0.25, 0.3) is 0 Å². The molecule has 2 aromatic rings. The minimum atomic E-state index is -0.993. The Morgan fingerprint density at radius 3 is 2.61 bits per heavy atom. The van der Waals surface area contributed by atoms with Gasteiger partial charge in [-0.05, 0) is 46.2 Å². The van der Waals surface area contributed by atoms with Gasteiger partial charge in [-0.3, -0.25) is 4.68 Å². The van der Waals surface area contributed by atoms with E-state index in [1.165, 1.54) is 0 Å². The molecule has 0 radical (unpaired) electrons. The number of likely N-dealkylation sites (N-methyl/N-ethyl adjacent to an activating group) is 1. The second-order valence-corrected chi connectivity index (χ2v) is 8.48. The molecule has 2 atom stereocenters. The highest BCUT2D eigenvalue weighted by atomic mass is 16.6. The van der Waals surface area contributed by atoms with E-state index in [0.29, 0.717) is 12.1 Å². The summed E-state index contributed by atoms with van der Waals surface area (Å²) in [6, 6.07) is 3.63. The van der Waals surface area contributed by atoms with Crippen LogP contribution in [0.15, 0.2) is 18.3 Å². The zero-order chi connectivity index (χ0) is 20.8. The largest absolute Gasteiger partial charge is 0.478 e. The Hall–Kier alpha value is -2.77. The van der Waals surface area contributed by atoms with Crippen LogP contribution in [0.5, 0.6) is 0 Å². The molecule has 28 heavy (non-hydrogen) atoms. The van der Waals surface area contributed by atoms with Crippen molar-refractivity contribution >= 4 is 28.7 Å². The van der Waals surface area contributed by atoms with Gasteiger partial charge in [0, 0.05) is 44.0 Å². The van der Waals surface area contributed by atoms with Crippen LogP contribution in [-0.4, -0.2) is 63.1 Å². The van der Waals surface area contributed by atoms with Gasteiger partial charge in [-0.25, -0.2) is 9.59 Å². The van der Waals surface area contributed by atoms with E-state index >= 15 is 0 Å². The van der Waals surface area contributed by atoms with Crippen molar-refractivity contribution in [3.05, 3.63) is 23.9 Å². The van der Waals surface area contributed by atoms with Crippen LogP contribution in [-0.2, 0) is 11.8 Å². The number of anilines is 1. The molecule has 8 heteroatoms. The normalized spacial score (nSPS) is 19.9. The Morgan fingerprint density at radius 1 is 1.32 bits per heavy atom. The molecule has 1 aliphatic heterocycles. The number of nitrogens with zero attached hydrogens (tertiary/aromatic N) is 4. The molecule has 1 aromatic heterocycles. The second-order valence-electron chi connectivity index (χ2n) is 8.48. The minimum absolute atomic E-state index is 0.00993. The lowest BCUT2D eigenvalue weighted by molar-refractivity contribution is 0.0236. The van der Waals surface area contributed by atoms with Crippen molar-refractivity contribution in [2.75, 3.05) is 18.5 Å². The topological polar surface area (TPSA) is 87.9 Å². The number of rotatable bonds is 3. The lowest BCUT2D eigenvalue weighted by Crippen LogP contribution is -2.42. The minimum Gasteiger partial charge on any atom is -0.478 e. The van der Waals surface area contributed by atoms with E-state index in [0.717, 1.165) is 17.5 Å². The SMILES string of the molecule is C[C@H]1C[C@H](N(C)C(=O)OC(C)(C)C)CN1c1ccc(C(=O)O)c2nn(C)cc12. The number of carbonyl (C=O) groups excluding carboxylic acids is 1. The van der Waals surface area contributed by atoms with E-state index < -0.39 is 11.6 Å². The number of aromatic nitrogens is 2. The molecular formula is C20H28N4O4. The summed E-state index contributed by atoms with van der Waals surface area (Å²) in [5.41, 5.74) is 1.06. The molecule has 1 N–H and O–H groups in total. The molecular weight excluding hydrogens is 360 g/mol. The van der Waals surface area contributed by atoms with E-state index in [9.17, 15) is 14.7 Å². The summed E-state index contributed by atoms with van der Waals surface area (Å²) in [5, 5.41) is 14.6. The van der Waals surface area contributed by atoms with Crippen LogP contribution in [0.3, 0.4) is 0 Å². The Labute approximate surface area is 164 Å². The zero-order valence-corrected chi connectivity index (χ0v) is 17.3. The molecule has 0 unspecified atom stereocenters. The highest BCUT2D eigenvalue weighted by Crippen LogP contribution is 2.34. The number of amides is 1. The number of carboxylic acids is 1. The van der Waals surface area contributed by atoms with Crippen LogP contribution >= 0.6 is 0 Å². The monoisotopic (exact) mass is 388 g/mol. The van der Waals surface area contributed by atoms with Crippen molar-refractivity contribution in [3.8, 4) is 0 Å². The molecule has 1 saturated heterocycles. The molecule has 0 saturated carbocycles. The first-order chi connectivity index (χ1) is 13.0. The Morgan fingerprint density at radius 2 is 2.00 bits per heavy atom. The van der Waals surface area contributed by atoms with Crippen LogP contribution < -0.4 is 4.90 Å². The summed E-state index contributed by atoms with van der Waals surface area (Å²) < 4.78 is 7.12. The van der Waals surface area contributed by atoms with Crippen LogP contribution in [0.25, 0.3) is 10.9 Å². The number of fused-ring (bicyclic) bond motifs is 1. The maximum Gasteiger partial charge on any atom is 0.410 e. The third-order valence-electron chi connectivity index (χ3n) is 5.09. The average Bonchev–Trinajstić information content (AvgIpc) is 3.13. The van der Waals surface area contributed by atoms with Crippen LogP contribution in [0.4, 0.5) is 10.5 Å². The standard InChI is InChI=1S/C20H28N4O4/c1-12-9-13(23(6)19(27)28-20(2,3)4)10-24(12)16-8-7-14(18(25)26)17-15(16)11-22(5)21-17/h7-8,11-13H,9-10H2,1-6H3,(H,25,26)/t12-,13-/m0/s1. The molecule has 1 aromatic carbocycles. The summed E-state index contributed by atoms with van der Waals surface area (Å²) in [4.78, 5) is 27.8. The van der Waals surface area contributed by atoms with Gasteiger partial charge in [0.15, 0.2) is 0 Å². The number of aromatic carboxylic acids is 1. The Bertz CT molecular complexity index is 915. The van der Waals surface area contributed by atoms with E-state index in [1.54, 1.807) is 29.7 Å². The summed E-state index contributed by atoms with van der Waals surface area (Å²) in [6.07, 6.45) is 2.31. The molecule has 0 bridgehead atoms. The quantitative estimate of drug-likeness (QED) is 0.869. The summed E-state index contributed by atoms with van der Waals surface area (Å²) in [5.74, 6) is -0.993. The van der Waals surface area contributed by atoms with Gasteiger partial charge in [0.1, 0.15) is 11.1 Å². The highest BCUT2D eigenvalue weighted by Gasteiger charge is 2.36. The van der Waals surface area contributed by atoms with Gasteiger partial charge in [-0.2, -0.15) is 5.10 Å². The van der Waals surface area contributed by atoms with Crippen LogP contribution in [0.1, 0.15) is 44.5 Å². The molecule has 1 fully saturated rings. The molecule has 1 amide bonds. The van der Waals surface area contributed by atoms with Crippen molar-refractivity contribution in [3.63, 3.8) is 0 Å². The maximum absolute atomic E-state index is 12.4. The molecule has 152 valence electrons. The van der Waals surface area contributed by atoms with E-state index in [2.05, 4.69) is 16.9 Å². The smallest absolute Gasteiger partial charge is 0.410 e. The molecule has 0 spiro atoms. The number of carbonyl (C=O) groups is 2. The van der Waals surface area contributed by atoms with Crippen molar-refractivity contribution in [1.82, 2.24) is 14.7 Å². The van der Waals surface area contributed by atoms with Gasteiger partial charge >= 0.3 is 12.1 Å². The molecule has 0 aliphatic carbocycles. The Balaban J connectivity index is 1.88. The van der Waals surface area contributed by atoms with Crippen molar-refractivity contribution in [2.45, 2.75) is 51.8 Å². The lowest BCUT2D eigenvalue weighted by atomic mass is 10.1. The number of aryl methyl sites for hydroxylation is 1. The molecule has 8 nitrogen and oxygen atoms in total. The van der Waals surface area contributed by atoms with Gasteiger partial charge in [-0.1, -0.05) is 0 Å². The highest BCUT2D eigenvalue weighted by molar-refractivity contribution is 6.06. The summed E-state index contributed by atoms with van der Waals surface area (Å²) in [6.45, 7) is 8.31. The van der Waals surface area contributed by atoms with E-state index in [4.69, 9.17) is 4.74 Å². The summed E-state index contributed by atoms with van der Waals surface area (Å²) >= 11 is 0. The first-order valence-electron chi connectivity index (χ1n) is 9.40. The third kappa shape index (κ3) is 3.76. The molecule has 2 heterocycles. The number of ether oxygens (including phenoxy) is 1. The summed E-state index contributed by atoms with van der Waals surface area (Å²) in [7, 11) is 3.55. The fourth-order valence-electron chi connectivity index (χ4n) is 3.73. The number of hydrogen-bond donors (Lipinski definition) is 1. The van der Waals surface area contributed by atoms with E-state index in [1.807, 2.05) is 33.0 Å². The predicted molar refractivity (Wildman–Crippen MR) is 107 cm³/mol. The first kappa shape index (κ1) is 20.0. The van der Waals surface area contributed by atoms with Crippen LogP contribution in [0.2, 0.25) is 0 Å². The van der Waals surface area contributed by atoms with E-state index in [-0.39, 0.29) is 23.7 Å². The lowest BCUT2D eigenvalue weighted by Gasteiger charge is -2.29. The number of hydrogen-bond acceptors (Lipinski definition) is 5. The zero-order valence-electron chi connectivity index (χ0n) is 17.3. The first-order valence-corrected chi connectivity index (χ1v) is 9.40.